The molecular weight excluding hydrogens is 319 g/mol. The first kappa shape index (κ1) is 18.7. The van der Waals surface area contributed by atoms with E-state index in [1.54, 1.807) is 4.90 Å². The third kappa shape index (κ3) is 4.10. The van der Waals surface area contributed by atoms with Crippen molar-refractivity contribution in [3.63, 3.8) is 0 Å². The number of amides is 1. The molecule has 1 aromatic heterocycles. The lowest BCUT2D eigenvalue weighted by Crippen LogP contribution is -2.44. The van der Waals surface area contributed by atoms with Gasteiger partial charge in [0.1, 0.15) is 5.69 Å². The first-order valence-corrected chi connectivity index (χ1v) is 6.84. The molecule has 0 bridgehead atoms. The predicted molar refractivity (Wildman–Crippen MR) is 79.2 cm³/mol. The Hall–Kier alpha value is -1.34. The van der Waals surface area contributed by atoms with E-state index in [1.165, 1.54) is 13.0 Å². The van der Waals surface area contributed by atoms with Crippen molar-refractivity contribution in [1.82, 2.24) is 15.2 Å². The third-order valence-corrected chi connectivity index (χ3v) is 3.80. The van der Waals surface area contributed by atoms with Crippen LogP contribution in [-0.2, 0) is 6.18 Å². The van der Waals surface area contributed by atoms with E-state index in [2.05, 4.69) is 10.3 Å². The number of carbonyl (C=O) groups is 1. The van der Waals surface area contributed by atoms with E-state index in [-0.39, 0.29) is 29.6 Å². The van der Waals surface area contributed by atoms with E-state index in [1.807, 2.05) is 7.05 Å². The van der Waals surface area contributed by atoms with Crippen LogP contribution in [0, 0.1) is 6.92 Å². The Bertz CT molecular complexity index is 529. The fourth-order valence-corrected chi connectivity index (χ4v) is 2.49. The zero-order valence-corrected chi connectivity index (χ0v) is 13.2. The molecule has 4 nitrogen and oxygen atoms in total. The number of alkyl halides is 3. The van der Waals surface area contributed by atoms with Crippen LogP contribution in [0.1, 0.15) is 34.6 Å². The summed E-state index contributed by atoms with van der Waals surface area (Å²) >= 11 is 0. The van der Waals surface area contributed by atoms with Gasteiger partial charge in [0, 0.05) is 19.1 Å². The molecule has 1 saturated heterocycles. The van der Waals surface area contributed by atoms with Crippen LogP contribution < -0.4 is 5.32 Å². The van der Waals surface area contributed by atoms with Gasteiger partial charge in [-0.3, -0.25) is 4.79 Å². The Morgan fingerprint density at radius 3 is 2.36 bits per heavy atom. The highest BCUT2D eigenvalue weighted by molar-refractivity contribution is 5.95. The number of piperidine rings is 1. The van der Waals surface area contributed by atoms with Gasteiger partial charge in [0.25, 0.3) is 5.91 Å². The monoisotopic (exact) mass is 337 g/mol. The fourth-order valence-electron chi connectivity index (χ4n) is 2.49. The molecule has 0 saturated carbocycles. The topological polar surface area (TPSA) is 45.2 Å². The number of rotatable bonds is 2. The highest BCUT2D eigenvalue weighted by Gasteiger charge is 2.33. The Morgan fingerprint density at radius 1 is 1.32 bits per heavy atom. The molecule has 1 aliphatic heterocycles. The Labute approximate surface area is 133 Å². The minimum Gasteiger partial charge on any atom is -0.338 e. The minimum atomic E-state index is -4.49. The molecule has 0 aromatic carbocycles. The fraction of sp³-hybridized carbons (Fsp3) is 0.571. The van der Waals surface area contributed by atoms with Crippen molar-refractivity contribution < 1.29 is 18.0 Å². The molecule has 0 spiro atoms. The summed E-state index contributed by atoms with van der Waals surface area (Å²) in [6, 6.07) is 2.47. The molecule has 1 fully saturated rings. The van der Waals surface area contributed by atoms with Gasteiger partial charge in [-0.15, -0.1) is 12.4 Å². The van der Waals surface area contributed by atoms with Gasteiger partial charge < -0.3 is 10.2 Å². The molecule has 1 aromatic rings. The van der Waals surface area contributed by atoms with Crippen LogP contribution in [0.15, 0.2) is 12.1 Å². The van der Waals surface area contributed by atoms with Crippen molar-refractivity contribution in [2.75, 3.05) is 20.1 Å². The third-order valence-electron chi connectivity index (χ3n) is 3.80. The molecule has 0 aliphatic carbocycles. The Kier molecular flexibility index (Phi) is 6.19. The predicted octanol–water partition coefficient (Wildman–Crippen LogP) is 2.65. The smallest absolute Gasteiger partial charge is 0.338 e. The van der Waals surface area contributed by atoms with Gasteiger partial charge >= 0.3 is 6.18 Å². The van der Waals surface area contributed by atoms with Gasteiger partial charge in [-0.2, -0.15) is 13.2 Å². The number of likely N-dealkylation sites (tertiary alicyclic amines) is 1. The SMILES string of the molecule is CNC1CCN(C(=O)c2ccc(C(F)(F)F)nc2C)CC1.Cl. The van der Waals surface area contributed by atoms with E-state index in [9.17, 15) is 18.0 Å². The molecule has 0 radical (unpaired) electrons. The summed E-state index contributed by atoms with van der Waals surface area (Å²) in [5.41, 5.74) is -0.609. The van der Waals surface area contributed by atoms with E-state index < -0.39 is 11.9 Å². The van der Waals surface area contributed by atoms with Crippen molar-refractivity contribution in [1.29, 1.82) is 0 Å². The second-order valence-electron chi connectivity index (χ2n) is 5.18. The van der Waals surface area contributed by atoms with E-state index in [0.29, 0.717) is 19.1 Å². The summed E-state index contributed by atoms with van der Waals surface area (Å²) in [5.74, 6) is -0.247. The lowest BCUT2D eigenvalue weighted by molar-refractivity contribution is -0.141. The molecule has 22 heavy (non-hydrogen) atoms. The summed E-state index contributed by atoms with van der Waals surface area (Å²) in [7, 11) is 1.88. The average Bonchev–Trinajstić information content (AvgIpc) is 2.45. The van der Waals surface area contributed by atoms with Crippen LogP contribution in [0.2, 0.25) is 0 Å². The summed E-state index contributed by atoms with van der Waals surface area (Å²) in [6.07, 6.45) is -2.80. The Morgan fingerprint density at radius 2 is 1.91 bits per heavy atom. The molecule has 1 amide bonds. The zero-order valence-electron chi connectivity index (χ0n) is 12.4. The number of hydrogen-bond donors (Lipinski definition) is 1. The summed E-state index contributed by atoms with van der Waals surface area (Å²) in [5, 5.41) is 3.16. The maximum atomic E-state index is 12.6. The summed E-state index contributed by atoms with van der Waals surface area (Å²) in [6.45, 7) is 2.64. The second-order valence-corrected chi connectivity index (χ2v) is 5.18. The van der Waals surface area contributed by atoms with Crippen LogP contribution in [-0.4, -0.2) is 42.0 Å². The van der Waals surface area contributed by atoms with Crippen LogP contribution in [0.3, 0.4) is 0 Å². The zero-order chi connectivity index (χ0) is 15.6. The van der Waals surface area contributed by atoms with Gasteiger partial charge in [-0.05, 0) is 38.9 Å². The first-order valence-electron chi connectivity index (χ1n) is 6.84. The highest BCUT2D eigenvalue weighted by atomic mass is 35.5. The number of halogens is 4. The maximum absolute atomic E-state index is 12.6. The number of carbonyl (C=O) groups excluding carboxylic acids is 1. The lowest BCUT2D eigenvalue weighted by atomic mass is 10.0. The summed E-state index contributed by atoms with van der Waals surface area (Å²) in [4.78, 5) is 17.5. The number of aromatic nitrogens is 1. The number of aryl methyl sites for hydroxylation is 1. The van der Waals surface area contributed by atoms with Crippen molar-refractivity contribution in [2.45, 2.75) is 32.0 Å². The minimum absolute atomic E-state index is 0. The van der Waals surface area contributed by atoms with Crippen LogP contribution in [0.25, 0.3) is 0 Å². The second kappa shape index (κ2) is 7.28. The molecule has 0 unspecified atom stereocenters. The molecule has 2 heterocycles. The van der Waals surface area contributed by atoms with Gasteiger partial charge in [0.05, 0.1) is 11.3 Å². The molecule has 124 valence electrons. The standard InChI is InChI=1S/C14H18F3N3O.ClH/c1-9-11(3-4-12(19-9)14(15,16)17)13(21)20-7-5-10(18-2)6-8-20;/h3-4,10,18H,5-8H2,1-2H3;1H. The van der Waals surface area contributed by atoms with Crippen molar-refractivity contribution in [2.24, 2.45) is 0 Å². The number of hydrogen-bond acceptors (Lipinski definition) is 3. The number of nitrogens with one attached hydrogen (secondary N) is 1. The Balaban J connectivity index is 0.00000242. The molecule has 2 rings (SSSR count). The van der Waals surface area contributed by atoms with Gasteiger partial charge in [-0.1, -0.05) is 0 Å². The normalized spacial score (nSPS) is 16.3. The van der Waals surface area contributed by atoms with Crippen LogP contribution in [0.4, 0.5) is 13.2 Å². The number of pyridine rings is 1. The van der Waals surface area contributed by atoms with Crippen LogP contribution >= 0.6 is 12.4 Å². The average molecular weight is 338 g/mol. The van der Waals surface area contributed by atoms with E-state index in [4.69, 9.17) is 0 Å². The lowest BCUT2D eigenvalue weighted by Gasteiger charge is -2.32. The molecule has 1 N–H and O–H groups in total. The van der Waals surface area contributed by atoms with Crippen LogP contribution in [0.5, 0.6) is 0 Å². The van der Waals surface area contributed by atoms with Crippen molar-refractivity contribution in [3.05, 3.63) is 29.1 Å². The van der Waals surface area contributed by atoms with Gasteiger partial charge in [0.15, 0.2) is 0 Å². The summed E-state index contributed by atoms with van der Waals surface area (Å²) < 4.78 is 37.7. The molecule has 1 aliphatic rings. The molecule has 0 atom stereocenters. The molecular formula is C14H19ClF3N3O. The van der Waals surface area contributed by atoms with Gasteiger partial charge in [-0.25, -0.2) is 4.98 Å². The van der Waals surface area contributed by atoms with Crippen molar-refractivity contribution in [3.8, 4) is 0 Å². The largest absolute Gasteiger partial charge is 0.433 e. The maximum Gasteiger partial charge on any atom is 0.433 e. The first-order chi connectivity index (χ1) is 9.82. The van der Waals surface area contributed by atoms with Gasteiger partial charge in [0.2, 0.25) is 0 Å². The van der Waals surface area contributed by atoms with Crippen molar-refractivity contribution >= 4 is 18.3 Å². The molecule has 8 heteroatoms. The number of nitrogens with zero attached hydrogens (tertiary/aromatic N) is 2. The highest BCUT2D eigenvalue weighted by Crippen LogP contribution is 2.28. The van der Waals surface area contributed by atoms with E-state index >= 15 is 0 Å². The van der Waals surface area contributed by atoms with E-state index in [0.717, 1.165) is 18.9 Å². The quantitative estimate of drug-likeness (QED) is 0.902.